The van der Waals surface area contributed by atoms with Crippen LogP contribution in [0.4, 0.5) is 0 Å². The highest BCUT2D eigenvalue weighted by Crippen LogP contribution is 2.52. The van der Waals surface area contributed by atoms with Crippen LogP contribution in [0.25, 0.3) is 0 Å². The first kappa shape index (κ1) is 38.1. The maximum absolute atomic E-state index is 12.5. The van der Waals surface area contributed by atoms with E-state index in [2.05, 4.69) is 19.9 Å². The number of benzene rings is 2. The van der Waals surface area contributed by atoms with Crippen molar-refractivity contribution in [1.82, 2.24) is 0 Å². The highest BCUT2D eigenvalue weighted by molar-refractivity contribution is 5.66. The van der Waals surface area contributed by atoms with E-state index in [1.165, 1.54) is 21.1 Å². The van der Waals surface area contributed by atoms with Gasteiger partial charge in [0, 0.05) is 17.4 Å². The van der Waals surface area contributed by atoms with Gasteiger partial charge in [0.2, 0.25) is 17.8 Å². The molecule has 0 radical (unpaired) electrons. The Labute approximate surface area is 283 Å². The van der Waals surface area contributed by atoms with Gasteiger partial charge in [-0.2, -0.15) is 5.26 Å². The number of para-hydroxylation sites is 2. The van der Waals surface area contributed by atoms with Crippen molar-refractivity contribution in [3.63, 3.8) is 0 Å². The summed E-state index contributed by atoms with van der Waals surface area (Å²) in [7, 11) is 3.03. The lowest BCUT2D eigenvalue weighted by Crippen LogP contribution is -2.42. The summed E-state index contributed by atoms with van der Waals surface area (Å²) >= 11 is 0. The van der Waals surface area contributed by atoms with Crippen LogP contribution in [0, 0.1) is 21.4 Å². The van der Waals surface area contributed by atoms with Crippen LogP contribution in [0.15, 0.2) is 30.3 Å². The maximum atomic E-state index is 12.5. The Hall–Kier alpha value is -4.40. The number of nitrogens with zero attached hydrogens (tertiary/aromatic N) is 2. The van der Waals surface area contributed by atoms with E-state index in [1.54, 1.807) is 30.3 Å². The Morgan fingerprint density at radius 3 is 2.08 bits per heavy atom. The number of rotatable bonds is 22. The average Bonchev–Trinajstić information content (AvgIpc) is 3.50. The van der Waals surface area contributed by atoms with Crippen molar-refractivity contribution in [2.45, 2.75) is 116 Å². The van der Waals surface area contributed by atoms with Gasteiger partial charge in [0.05, 0.1) is 45.3 Å². The summed E-state index contributed by atoms with van der Waals surface area (Å²) in [6, 6.07) is 9.87. The van der Waals surface area contributed by atoms with Gasteiger partial charge in [-0.3, -0.25) is 14.9 Å². The topological polar surface area (TPSA) is 149 Å². The van der Waals surface area contributed by atoms with Crippen LogP contribution in [-0.2, 0) is 14.9 Å². The maximum Gasteiger partial charge on any atom is 0.303 e. The second-order valence-electron chi connectivity index (χ2n) is 11.9. The van der Waals surface area contributed by atoms with E-state index in [9.17, 15) is 20.2 Å². The summed E-state index contributed by atoms with van der Waals surface area (Å²) in [6.45, 7) is 8.09. The molecule has 0 bridgehead atoms. The number of methoxy groups -OCH3 is 2. The van der Waals surface area contributed by atoms with Crippen LogP contribution in [0.5, 0.6) is 34.5 Å². The smallest absolute Gasteiger partial charge is 0.303 e. The summed E-state index contributed by atoms with van der Waals surface area (Å²) in [5.41, 5.74) is -0.707. The number of nitro groups is 1. The molecule has 0 aromatic heterocycles. The molecule has 3 atom stereocenters. The minimum atomic E-state index is -1.37. The molecule has 12 nitrogen and oxygen atoms in total. The molecule has 3 rings (SSSR count). The van der Waals surface area contributed by atoms with Gasteiger partial charge < -0.3 is 33.2 Å². The third-order valence-electron chi connectivity index (χ3n) is 8.57. The SMILES string of the molecule is CCCCCOc1cc(C(C#N)(CC)CCC(OC(C)=O)C(CC2Oc3ccccc3O2)[N+](=O)[O-])c(OCCCCC)c(OC)c1OC. The van der Waals surface area contributed by atoms with Crippen molar-refractivity contribution < 1.29 is 42.9 Å². The first-order valence-corrected chi connectivity index (χ1v) is 16.9. The highest BCUT2D eigenvalue weighted by atomic mass is 16.7. The third kappa shape index (κ3) is 9.58. The molecule has 1 heterocycles. The minimum Gasteiger partial charge on any atom is -0.490 e. The monoisotopic (exact) mass is 670 g/mol. The van der Waals surface area contributed by atoms with Crippen LogP contribution in [0.2, 0.25) is 0 Å². The largest absolute Gasteiger partial charge is 0.490 e. The summed E-state index contributed by atoms with van der Waals surface area (Å²) in [5, 5.41) is 23.3. The number of hydrogen-bond acceptors (Lipinski definition) is 11. The third-order valence-corrected chi connectivity index (χ3v) is 8.57. The fourth-order valence-corrected chi connectivity index (χ4v) is 5.89. The van der Waals surface area contributed by atoms with Gasteiger partial charge in [-0.1, -0.05) is 58.6 Å². The molecule has 0 fully saturated rings. The number of nitriles is 1. The van der Waals surface area contributed by atoms with Crippen molar-refractivity contribution in [1.29, 1.82) is 5.26 Å². The van der Waals surface area contributed by atoms with Crippen LogP contribution in [-0.4, -0.2) is 56.8 Å². The standard InChI is InChI=1S/C36H50N2O10/c1-7-10-14-20-44-31-22-26(33(45-21-15-11-8-2)35(43-6)34(31)42-5)36(9-3,24-37)19-18-28(46-25(4)39)27(38(40)41)23-32-47-29-16-12-13-17-30(29)48-32/h12-13,16-17,22,27-28,32H,7-11,14-15,18-21,23H2,1-6H3. The second kappa shape index (κ2) is 18.8. The Bertz CT molecular complexity index is 1370. The number of carbonyl (C=O) groups is 1. The van der Waals surface area contributed by atoms with Gasteiger partial charge >= 0.3 is 5.97 Å². The molecule has 2 aromatic rings. The molecule has 2 aromatic carbocycles. The quantitative estimate of drug-likeness (QED) is 0.0529. The van der Waals surface area contributed by atoms with Crippen LogP contribution < -0.4 is 28.4 Å². The van der Waals surface area contributed by atoms with Gasteiger partial charge in [0.25, 0.3) is 6.04 Å². The van der Waals surface area contributed by atoms with Gasteiger partial charge in [-0.15, -0.1) is 0 Å². The Morgan fingerprint density at radius 1 is 0.979 bits per heavy atom. The normalized spacial score (nSPS) is 14.7. The van der Waals surface area contributed by atoms with Gasteiger partial charge in [-0.05, 0) is 50.3 Å². The van der Waals surface area contributed by atoms with Crippen molar-refractivity contribution in [2.24, 2.45) is 0 Å². The molecule has 3 unspecified atom stereocenters. The number of fused-ring (bicyclic) bond motifs is 1. The number of carbonyl (C=O) groups excluding carboxylic acids is 1. The van der Waals surface area contributed by atoms with Crippen LogP contribution in [0.1, 0.15) is 97.5 Å². The molecular weight excluding hydrogens is 620 g/mol. The summed E-state index contributed by atoms with van der Waals surface area (Å²) in [4.78, 5) is 24.2. The fraction of sp³-hybridized carbons (Fsp3) is 0.611. The van der Waals surface area contributed by atoms with E-state index in [1.807, 2.05) is 6.92 Å². The zero-order valence-corrected chi connectivity index (χ0v) is 29.1. The van der Waals surface area contributed by atoms with E-state index >= 15 is 0 Å². The highest BCUT2D eigenvalue weighted by Gasteiger charge is 2.43. The molecule has 0 saturated heterocycles. The molecule has 264 valence electrons. The Kier molecular flexibility index (Phi) is 14.9. The molecule has 1 aliphatic rings. The lowest BCUT2D eigenvalue weighted by Gasteiger charge is -2.32. The molecule has 12 heteroatoms. The van der Waals surface area contributed by atoms with E-state index in [-0.39, 0.29) is 19.3 Å². The lowest BCUT2D eigenvalue weighted by molar-refractivity contribution is -0.537. The number of ether oxygens (including phenoxy) is 7. The molecule has 0 spiro atoms. The Balaban J connectivity index is 2.02. The lowest BCUT2D eigenvalue weighted by atomic mass is 9.74. The van der Waals surface area contributed by atoms with Crippen molar-refractivity contribution in [3.8, 4) is 40.6 Å². The first-order chi connectivity index (χ1) is 23.2. The van der Waals surface area contributed by atoms with Crippen LogP contribution in [0.3, 0.4) is 0 Å². The van der Waals surface area contributed by atoms with Crippen molar-refractivity contribution >= 4 is 5.97 Å². The fourth-order valence-electron chi connectivity index (χ4n) is 5.89. The zero-order chi connectivity index (χ0) is 35.1. The predicted octanol–water partition coefficient (Wildman–Crippen LogP) is 7.56. The summed E-state index contributed by atoms with van der Waals surface area (Å²) in [5.74, 6) is 1.72. The predicted molar refractivity (Wildman–Crippen MR) is 179 cm³/mol. The molecular formula is C36H50N2O10. The number of hydrogen-bond donors (Lipinski definition) is 0. The molecule has 0 amide bonds. The van der Waals surface area contributed by atoms with Crippen molar-refractivity contribution in [2.75, 3.05) is 27.4 Å². The zero-order valence-electron chi connectivity index (χ0n) is 29.1. The van der Waals surface area contributed by atoms with E-state index in [0.29, 0.717) is 59.7 Å². The average molecular weight is 671 g/mol. The Morgan fingerprint density at radius 2 is 1.58 bits per heavy atom. The minimum absolute atomic E-state index is 0.00258. The van der Waals surface area contributed by atoms with Gasteiger partial charge in [0.1, 0.15) is 0 Å². The molecule has 0 N–H and O–H groups in total. The van der Waals surface area contributed by atoms with E-state index in [0.717, 1.165) is 38.5 Å². The molecule has 1 aliphatic heterocycles. The first-order valence-electron chi connectivity index (χ1n) is 16.9. The van der Waals surface area contributed by atoms with E-state index in [4.69, 9.17) is 33.2 Å². The number of unbranched alkanes of at least 4 members (excludes halogenated alkanes) is 4. The second-order valence-corrected chi connectivity index (χ2v) is 11.9. The number of esters is 1. The van der Waals surface area contributed by atoms with Gasteiger partial charge in [-0.25, -0.2) is 0 Å². The van der Waals surface area contributed by atoms with Crippen LogP contribution >= 0.6 is 0 Å². The van der Waals surface area contributed by atoms with E-state index < -0.39 is 34.7 Å². The molecule has 0 saturated carbocycles. The summed E-state index contributed by atoms with van der Waals surface area (Å²) < 4.78 is 41.3. The van der Waals surface area contributed by atoms with Crippen molar-refractivity contribution in [3.05, 3.63) is 46.0 Å². The van der Waals surface area contributed by atoms with Gasteiger partial charge in [0.15, 0.2) is 29.1 Å². The summed E-state index contributed by atoms with van der Waals surface area (Å²) in [6.07, 6.45) is 3.71. The molecule has 48 heavy (non-hydrogen) atoms. The molecule has 0 aliphatic carbocycles.